The lowest BCUT2D eigenvalue weighted by Gasteiger charge is -1.97. The van der Waals surface area contributed by atoms with E-state index in [1.54, 1.807) is 23.0 Å². The Morgan fingerprint density at radius 1 is 1.30 bits per heavy atom. The molecule has 0 spiro atoms. The molecule has 1 N–H and O–H groups in total. The number of hydrogen-bond donors (Lipinski definition) is 1. The highest BCUT2D eigenvalue weighted by molar-refractivity contribution is 7.91. The second kappa shape index (κ2) is 4.17. The fourth-order valence-corrected chi connectivity index (χ4v) is 3.00. The molecule has 0 radical (unpaired) electrons. The molecular weight excluding hydrogens is 276 g/mol. The first-order valence-corrected chi connectivity index (χ1v) is 7.95. The van der Waals surface area contributed by atoms with Crippen molar-refractivity contribution in [2.75, 3.05) is 6.26 Å². The van der Waals surface area contributed by atoms with Gasteiger partial charge in [-0.3, -0.25) is 4.68 Å². The number of H-pyrrole nitrogens is 1. The van der Waals surface area contributed by atoms with Gasteiger partial charge in [0.1, 0.15) is 11.3 Å². The molecule has 0 amide bonds. The summed E-state index contributed by atoms with van der Waals surface area (Å²) in [6.07, 6.45) is 2.90. The molecule has 0 unspecified atom stereocenters. The molecule has 1 aromatic carbocycles. The van der Waals surface area contributed by atoms with Gasteiger partial charge in [0.25, 0.3) is 0 Å². The van der Waals surface area contributed by atoms with Crippen LogP contribution in [0.3, 0.4) is 0 Å². The van der Waals surface area contributed by atoms with Crippen LogP contribution in [0.15, 0.2) is 29.3 Å². The third-order valence-electron chi connectivity index (χ3n) is 3.37. The third-order valence-corrected chi connectivity index (χ3v) is 4.49. The van der Waals surface area contributed by atoms with E-state index in [0.29, 0.717) is 16.9 Å². The van der Waals surface area contributed by atoms with E-state index in [1.165, 1.54) is 6.26 Å². The Hall–Kier alpha value is -2.15. The summed E-state index contributed by atoms with van der Waals surface area (Å²) in [6.45, 7) is 1.94. The lowest BCUT2D eigenvalue weighted by molar-refractivity contribution is 0.602. The minimum absolute atomic E-state index is 0.235. The number of benzene rings is 1. The molecule has 104 valence electrons. The van der Waals surface area contributed by atoms with Gasteiger partial charge in [-0.1, -0.05) is 6.07 Å². The third kappa shape index (κ3) is 1.90. The molecule has 0 fully saturated rings. The molecule has 2 heterocycles. The maximum absolute atomic E-state index is 11.8. The molecule has 6 nitrogen and oxygen atoms in total. The number of imidazole rings is 1. The van der Waals surface area contributed by atoms with Gasteiger partial charge < -0.3 is 4.98 Å². The summed E-state index contributed by atoms with van der Waals surface area (Å²) in [5.41, 5.74) is 2.99. The SMILES string of the molecule is Cc1c(-c2nc3c(S(C)(=O)=O)cccc3[nH]2)cnn1C. The zero-order valence-electron chi connectivity index (χ0n) is 11.4. The van der Waals surface area contributed by atoms with Gasteiger partial charge in [-0.15, -0.1) is 0 Å². The highest BCUT2D eigenvalue weighted by Crippen LogP contribution is 2.26. The van der Waals surface area contributed by atoms with Crippen molar-refractivity contribution >= 4 is 20.9 Å². The van der Waals surface area contributed by atoms with Crippen molar-refractivity contribution in [2.24, 2.45) is 7.05 Å². The second-order valence-electron chi connectivity index (χ2n) is 4.78. The van der Waals surface area contributed by atoms with Gasteiger partial charge in [0.05, 0.1) is 22.2 Å². The van der Waals surface area contributed by atoms with Crippen LogP contribution in [0.25, 0.3) is 22.4 Å². The quantitative estimate of drug-likeness (QED) is 0.778. The van der Waals surface area contributed by atoms with E-state index >= 15 is 0 Å². The molecule has 0 atom stereocenters. The van der Waals surface area contributed by atoms with Crippen molar-refractivity contribution in [2.45, 2.75) is 11.8 Å². The Morgan fingerprint density at radius 3 is 2.65 bits per heavy atom. The van der Waals surface area contributed by atoms with Crippen LogP contribution in [-0.4, -0.2) is 34.4 Å². The van der Waals surface area contributed by atoms with E-state index in [1.807, 2.05) is 20.0 Å². The highest BCUT2D eigenvalue weighted by Gasteiger charge is 2.17. The monoisotopic (exact) mass is 290 g/mol. The smallest absolute Gasteiger partial charge is 0.177 e. The molecule has 0 saturated heterocycles. The number of aromatic amines is 1. The molecule has 0 aliphatic rings. The Bertz CT molecular complexity index is 906. The van der Waals surface area contributed by atoms with E-state index < -0.39 is 9.84 Å². The summed E-state index contributed by atoms with van der Waals surface area (Å²) in [4.78, 5) is 7.82. The van der Waals surface area contributed by atoms with Crippen LogP contribution in [0.5, 0.6) is 0 Å². The number of aromatic nitrogens is 4. The van der Waals surface area contributed by atoms with Gasteiger partial charge in [0.15, 0.2) is 9.84 Å². The lowest BCUT2D eigenvalue weighted by Crippen LogP contribution is -1.97. The fourth-order valence-electron chi connectivity index (χ4n) is 2.16. The fraction of sp³-hybridized carbons (Fsp3) is 0.231. The van der Waals surface area contributed by atoms with Gasteiger partial charge in [-0.05, 0) is 19.1 Å². The van der Waals surface area contributed by atoms with Crippen LogP contribution in [0.2, 0.25) is 0 Å². The second-order valence-corrected chi connectivity index (χ2v) is 6.76. The Labute approximate surface area is 116 Å². The Kier molecular flexibility index (Phi) is 2.68. The average Bonchev–Trinajstić information content (AvgIpc) is 2.92. The molecule has 7 heteroatoms. The maximum Gasteiger partial charge on any atom is 0.177 e. The minimum atomic E-state index is -3.31. The van der Waals surface area contributed by atoms with Crippen molar-refractivity contribution in [3.63, 3.8) is 0 Å². The van der Waals surface area contributed by atoms with Crippen LogP contribution in [0.1, 0.15) is 5.69 Å². The van der Waals surface area contributed by atoms with E-state index in [2.05, 4.69) is 15.1 Å². The van der Waals surface area contributed by atoms with Crippen molar-refractivity contribution in [3.05, 3.63) is 30.1 Å². The molecule has 20 heavy (non-hydrogen) atoms. The average molecular weight is 290 g/mol. The molecule has 2 aromatic heterocycles. The summed E-state index contributed by atoms with van der Waals surface area (Å²) in [7, 11) is -1.46. The molecule has 0 bridgehead atoms. The number of aryl methyl sites for hydroxylation is 1. The number of para-hydroxylation sites is 1. The zero-order valence-corrected chi connectivity index (χ0v) is 12.2. The molecule has 0 aliphatic carbocycles. The van der Waals surface area contributed by atoms with Gasteiger partial charge in [-0.25, -0.2) is 13.4 Å². The number of fused-ring (bicyclic) bond motifs is 1. The predicted octanol–water partition coefficient (Wildman–Crippen LogP) is 1.68. The minimum Gasteiger partial charge on any atom is -0.338 e. The van der Waals surface area contributed by atoms with E-state index in [0.717, 1.165) is 11.3 Å². The van der Waals surface area contributed by atoms with Crippen molar-refractivity contribution in [1.82, 2.24) is 19.7 Å². The molecule has 0 saturated carbocycles. The van der Waals surface area contributed by atoms with Crippen LogP contribution in [-0.2, 0) is 16.9 Å². The predicted molar refractivity (Wildman–Crippen MR) is 76.1 cm³/mol. The normalized spacial score (nSPS) is 12.2. The lowest BCUT2D eigenvalue weighted by atomic mass is 10.2. The van der Waals surface area contributed by atoms with Crippen LogP contribution in [0.4, 0.5) is 0 Å². The molecular formula is C13H14N4O2S. The first-order chi connectivity index (χ1) is 9.38. The summed E-state index contributed by atoms with van der Waals surface area (Å²) >= 11 is 0. The molecule has 0 aliphatic heterocycles. The summed E-state index contributed by atoms with van der Waals surface area (Å²) in [5.74, 6) is 0.627. The van der Waals surface area contributed by atoms with Gasteiger partial charge in [0, 0.05) is 19.0 Å². The number of nitrogens with one attached hydrogen (secondary N) is 1. The number of rotatable bonds is 2. The number of hydrogen-bond acceptors (Lipinski definition) is 4. The molecule has 3 aromatic rings. The van der Waals surface area contributed by atoms with Gasteiger partial charge in [-0.2, -0.15) is 5.10 Å². The highest BCUT2D eigenvalue weighted by atomic mass is 32.2. The van der Waals surface area contributed by atoms with E-state index in [-0.39, 0.29) is 4.90 Å². The summed E-state index contributed by atoms with van der Waals surface area (Å²) < 4.78 is 25.3. The topological polar surface area (TPSA) is 80.6 Å². The first-order valence-electron chi connectivity index (χ1n) is 6.05. The molecule has 3 rings (SSSR count). The van der Waals surface area contributed by atoms with Crippen molar-refractivity contribution < 1.29 is 8.42 Å². The van der Waals surface area contributed by atoms with Crippen LogP contribution >= 0.6 is 0 Å². The first kappa shape index (κ1) is 12.9. The summed E-state index contributed by atoms with van der Waals surface area (Å²) in [6, 6.07) is 5.08. The number of sulfone groups is 1. The Morgan fingerprint density at radius 2 is 2.05 bits per heavy atom. The zero-order chi connectivity index (χ0) is 14.5. The van der Waals surface area contributed by atoms with Crippen molar-refractivity contribution in [1.29, 1.82) is 0 Å². The number of nitrogens with zero attached hydrogens (tertiary/aromatic N) is 3. The van der Waals surface area contributed by atoms with E-state index in [4.69, 9.17) is 0 Å². The summed E-state index contributed by atoms with van der Waals surface area (Å²) in [5, 5.41) is 4.17. The largest absolute Gasteiger partial charge is 0.338 e. The Balaban J connectivity index is 2.29. The van der Waals surface area contributed by atoms with Crippen LogP contribution < -0.4 is 0 Å². The standard InChI is InChI=1S/C13H14N4O2S/c1-8-9(7-14-17(8)2)13-15-10-5-4-6-11(12(10)16-13)20(3,18)19/h4-7H,1-3H3,(H,15,16). The van der Waals surface area contributed by atoms with Crippen molar-refractivity contribution in [3.8, 4) is 11.4 Å². The van der Waals surface area contributed by atoms with Crippen LogP contribution in [0, 0.1) is 6.92 Å². The maximum atomic E-state index is 11.8. The van der Waals surface area contributed by atoms with Gasteiger partial charge >= 0.3 is 0 Å². The van der Waals surface area contributed by atoms with E-state index in [9.17, 15) is 8.42 Å². The van der Waals surface area contributed by atoms with Gasteiger partial charge in [0.2, 0.25) is 0 Å².